The minimum absolute atomic E-state index is 0.157. The van der Waals surface area contributed by atoms with E-state index in [0.717, 1.165) is 30.2 Å². The molecule has 7 heteroatoms. The molecule has 1 heterocycles. The molecule has 0 aliphatic rings. The van der Waals surface area contributed by atoms with E-state index in [-0.39, 0.29) is 6.04 Å². The Labute approximate surface area is 138 Å². The molecule has 20 heavy (non-hydrogen) atoms. The van der Waals surface area contributed by atoms with E-state index >= 15 is 0 Å². The highest BCUT2D eigenvalue weighted by atomic mass is 79.9. The molecule has 4 nitrogen and oxygen atoms in total. The van der Waals surface area contributed by atoms with Crippen molar-refractivity contribution in [1.82, 2.24) is 5.43 Å². The van der Waals surface area contributed by atoms with Crippen molar-refractivity contribution in [2.75, 3.05) is 14.2 Å². The summed E-state index contributed by atoms with van der Waals surface area (Å²) in [6.07, 6.45) is 0. The summed E-state index contributed by atoms with van der Waals surface area (Å²) >= 11 is 8.64. The molecular weight excluding hydrogens is 408 g/mol. The van der Waals surface area contributed by atoms with Gasteiger partial charge < -0.3 is 9.47 Å². The fourth-order valence-corrected chi connectivity index (χ4v) is 4.81. The number of rotatable bonds is 5. The molecule has 0 saturated heterocycles. The van der Waals surface area contributed by atoms with Crippen LogP contribution < -0.4 is 20.7 Å². The first kappa shape index (κ1) is 15.8. The van der Waals surface area contributed by atoms with Crippen molar-refractivity contribution >= 4 is 43.2 Å². The summed E-state index contributed by atoms with van der Waals surface area (Å²) in [5.74, 6) is 7.19. The van der Waals surface area contributed by atoms with Crippen LogP contribution >= 0.6 is 43.2 Å². The predicted molar refractivity (Wildman–Crippen MR) is 88.4 cm³/mol. The van der Waals surface area contributed by atoms with Crippen molar-refractivity contribution < 1.29 is 9.47 Å². The van der Waals surface area contributed by atoms with E-state index in [4.69, 9.17) is 15.3 Å². The van der Waals surface area contributed by atoms with Crippen LogP contribution in [-0.2, 0) is 0 Å². The Bertz CT molecular complexity index is 582. The van der Waals surface area contributed by atoms with Crippen LogP contribution in [0.5, 0.6) is 11.5 Å². The summed E-state index contributed by atoms with van der Waals surface area (Å²) in [6.45, 7) is 0. The highest BCUT2D eigenvalue weighted by Gasteiger charge is 2.19. The lowest BCUT2D eigenvalue weighted by Crippen LogP contribution is -2.28. The third-order valence-electron chi connectivity index (χ3n) is 2.87. The third kappa shape index (κ3) is 3.35. The van der Waals surface area contributed by atoms with Crippen LogP contribution in [0.25, 0.3) is 0 Å². The highest BCUT2D eigenvalue weighted by Crippen LogP contribution is 2.39. The van der Waals surface area contributed by atoms with E-state index in [2.05, 4.69) is 37.3 Å². The second-order valence-corrected chi connectivity index (χ2v) is 7.77. The first-order chi connectivity index (χ1) is 9.58. The van der Waals surface area contributed by atoms with Crippen LogP contribution in [-0.4, -0.2) is 14.2 Å². The molecule has 1 atom stereocenters. The van der Waals surface area contributed by atoms with Crippen molar-refractivity contribution in [1.29, 1.82) is 0 Å². The smallest absolute Gasteiger partial charge is 0.122 e. The predicted octanol–water partition coefficient (Wildman–Crippen LogP) is 3.84. The van der Waals surface area contributed by atoms with Crippen LogP contribution in [0.2, 0.25) is 0 Å². The molecule has 0 aliphatic carbocycles. The fraction of sp³-hybridized carbons (Fsp3) is 0.231. The SMILES string of the molecule is COc1cc(OC)cc(C(NN)c2cc(Br)sc2Br)c1. The van der Waals surface area contributed by atoms with Crippen molar-refractivity contribution in [3.63, 3.8) is 0 Å². The Hall–Kier alpha value is -0.600. The summed E-state index contributed by atoms with van der Waals surface area (Å²) in [5.41, 5.74) is 4.86. The maximum absolute atomic E-state index is 5.73. The Morgan fingerprint density at radius 3 is 2.10 bits per heavy atom. The Morgan fingerprint density at radius 1 is 1.10 bits per heavy atom. The molecule has 108 valence electrons. The summed E-state index contributed by atoms with van der Waals surface area (Å²) < 4.78 is 12.7. The fourth-order valence-electron chi connectivity index (χ4n) is 1.91. The molecule has 1 aromatic carbocycles. The number of halogens is 2. The van der Waals surface area contributed by atoms with Gasteiger partial charge in [0.15, 0.2) is 0 Å². The van der Waals surface area contributed by atoms with E-state index < -0.39 is 0 Å². The van der Waals surface area contributed by atoms with Gasteiger partial charge >= 0.3 is 0 Å². The van der Waals surface area contributed by atoms with Crippen molar-refractivity contribution in [3.05, 3.63) is 43.0 Å². The maximum atomic E-state index is 5.73. The van der Waals surface area contributed by atoms with Crippen LogP contribution in [0.4, 0.5) is 0 Å². The summed E-state index contributed by atoms with van der Waals surface area (Å²) in [5, 5.41) is 0. The second kappa shape index (κ2) is 6.91. The van der Waals surface area contributed by atoms with E-state index in [1.807, 2.05) is 24.3 Å². The van der Waals surface area contributed by atoms with Crippen LogP contribution in [0, 0.1) is 0 Å². The molecule has 1 aromatic heterocycles. The molecule has 0 spiro atoms. The van der Waals surface area contributed by atoms with Crippen molar-refractivity contribution in [3.8, 4) is 11.5 Å². The van der Waals surface area contributed by atoms with Crippen LogP contribution in [0.1, 0.15) is 17.2 Å². The van der Waals surface area contributed by atoms with Gasteiger partial charge in [0.1, 0.15) is 11.5 Å². The number of benzene rings is 1. The molecule has 0 fully saturated rings. The van der Waals surface area contributed by atoms with Crippen LogP contribution in [0.3, 0.4) is 0 Å². The molecule has 0 amide bonds. The number of nitrogens with one attached hydrogen (secondary N) is 1. The number of hydrazine groups is 1. The quantitative estimate of drug-likeness (QED) is 0.568. The van der Waals surface area contributed by atoms with Gasteiger partial charge in [-0.05, 0) is 55.6 Å². The van der Waals surface area contributed by atoms with Gasteiger partial charge in [0.2, 0.25) is 0 Å². The zero-order valence-corrected chi connectivity index (χ0v) is 14.9. The molecule has 0 aliphatic heterocycles. The van der Waals surface area contributed by atoms with E-state index in [9.17, 15) is 0 Å². The van der Waals surface area contributed by atoms with Gasteiger partial charge in [-0.25, -0.2) is 5.43 Å². The number of hydrogen-bond acceptors (Lipinski definition) is 5. The van der Waals surface area contributed by atoms with Crippen molar-refractivity contribution in [2.24, 2.45) is 5.84 Å². The van der Waals surface area contributed by atoms with Gasteiger partial charge in [-0.15, -0.1) is 11.3 Å². The van der Waals surface area contributed by atoms with Gasteiger partial charge in [-0.2, -0.15) is 0 Å². The Balaban J connectivity index is 2.48. The molecule has 3 N–H and O–H groups in total. The second-order valence-electron chi connectivity index (χ2n) is 4.03. The minimum Gasteiger partial charge on any atom is -0.497 e. The molecule has 1 unspecified atom stereocenters. The van der Waals surface area contributed by atoms with E-state index in [1.54, 1.807) is 25.6 Å². The number of methoxy groups -OCH3 is 2. The lowest BCUT2D eigenvalue weighted by atomic mass is 10.0. The average molecular weight is 422 g/mol. The first-order valence-electron chi connectivity index (χ1n) is 5.73. The molecular formula is C13H14Br2N2O2S. The average Bonchev–Trinajstić information content (AvgIpc) is 2.78. The molecule has 0 bridgehead atoms. The van der Waals surface area contributed by atoms with Gasteiger partial charge in [0.05, 0.1) is 27.8 Å². The molecule has 2 aromatic rings. The Kier molecular flexibility index (Phi) is 5.45. The summed E-state index contributed by atoms with van der Waals surface area (Å²) in [7, 11) is 3.25. The van der Waals surface area contributed by atoms with E-state index in [0.29, 0.717) is 0 Å². The number of nitrogens with two attached hydrogens (primary N) is 1. The number of ether oxygens (including phenoxy) is 2. The van der Waals surface area contributed by atoms with E-state index in [1.165, 1.54) is 0 Å². The monoisotopic (exact) mass is 420 g/mol. The third-order valence-corrected chi connectivity index (χ3v) is 5.25. The number of thiophene rings is 1. The lowest BCUT2D eigenvalue weighted by Gasteiger charge is -2.18. The topological polar surface area (TPSA) is 56.5 Å². The highest BCUT2D eigenvalue weighted by molar-refractivity contribution is 9.12. The van der Waals surface area contributed by atoms with Crippen LogP contribution in [0.15, 0.2) is 31.8 Å². The number of hydrogen-bond donors (Lipinski definition) is 2. The summed E-state index contributed by atoms with van der Waals surface area (Å²) in [6, 6.07) is 7.58. The standard InChI is InChI=1S/C13H14Br2N2O2S/c1-18-8-3-7(4-9(5-8)19-2)12(17-16)10-6-11(14)20-13(10)15/h3-6,12,17H,16H2,1-2H3. The van der Waals surface area contributed by atoms with Gasteiger partial charge in [0.25, 0.3) is 0 Å². The normalized spacial score (nSPS) is 12.2. The first-order valence-corrected chi connectivity index (χ1v) is 8.13. The Morgan fingerprint density at radius 2 is 1.70 bits per heavy atom. The maximum Gasteiger partial charge on any atom is 0.122 e. The zero-order valence-electron chi connectivity index (χ0n) is 10.9. The molecule has 0 saturated carbocycles. The van der Waals surface area contributed by atoms with Crippen molar-refractivity contribution in [2.45, 2.75) is 6.04 Å². The molecule has 0 radical (unpaired) electrons. The molecule has 2 rings (SSSR count). The largest absolute Gasteiger partial charge is 0.497 e. The summed E-state index contributed by atoms with van der Waals surface area (Å²) in [4.78, 5) is 0. The van der Waals surface area contributed by atoms with Gasteiger partial charge in [-0.3, -0.25) is 5.84 Å². The zero-order chi connectivity index (χ0) is 14.7. The van der Waals surface area contributed by atoms with Gasteiger partial charge in [0, 0.05) is 11.6 Å². The minimum atomic E-state index is -0.157. The van der Waals surface area contributed by atoms with Gasteiger partial charge in [-0.1, -0.05) is 0 Å². The lowest BCUT2D eigenvalue weighted by molar-refractivity contribution is 0.392.